The smallest absolute Gasteiger partial charge is 0.237 e. The number of rotatable bonds is 4. The fourth-order valence-corrected chi connectivity index (χ4v) is 2.34. The molecule has 0 radical (unpaired) electrons. The third kappa shape index (κ3) is 1.92. The molecule has 14 heavy (non-hydrogen) atoms. The standard InChI is InChI=1S/C11H20N2O/c1-2-10-12-8-11(14)13(10)7-6-9-4-3-5-9/h9-10,12H,2-8H2,1H3. The second-order valence-corrected chi connectivity index (χ2v) is 4.48. The summed E-state index contributed by atoms with van der Waals surface area (Å²) in [7, 11) is 0. The molecule has 0 aromatic rings. The first-order valence-corrected chi connectivity index (χ1v) is 5.84. The first kappa shape index (κ1) is 9.97. The van der Waals surface area contributed by atoms with Crippen LogP contribution in [0.2, 0.25) is 0 Å². The van der Waals surface area contributed by atoms with Gasteiger partial charge in [0.05, 0.1) is 12.7 Å². The number of hydrogen-bond donors (Lipinski definition) is 1. The van der Waals surface area contributed by atoms with Gasteiger partial charge in [0, 0.05) is 6.54 Å². The molecule has 2 aliphatic rings. The van der Waals surface area contributed by atoms with Crippen LogP contribution < -0.4 is 5.32 Å². The lowest BCUT2D eigenvalue weighted by Crippen LogP contribution is -2.38. The number of amides is 1. The zero-order valence-electron chi connectivity index (χ0n) is 8.96. The highest BCUT2D eigenvalue weighted by atomic mass is 16.2. The molecule has 1 atom stereocenters. The summed E-state index contributed by atoms with van der Waals surface area (Å²) < 4.78 is 0. The summed E-state index contributed by atoms with van der Waals surface area (Å²) in [5, 5.41) is 3.24. The fourth-order valence-electron chi connectivity index (χ4n) is 2.34. The number of nitrogens with one attached hydrogen (secondary N) is 1. The Balaban J connectivity index is 1.78. The average molecular weight is 196 g/mol. The van der Waals surface area contributed by atoms with Crippen LogP contribution in [0.5, 0.6) is 0 Å². The van der Waals surface area contributed by atoms with Gasteiger partial charge < -0.3 is 4.90 Å². The molecule has 1 unspecified atom stereocenters. The van der Waals surface area contributed by atoms with E-state index in [2.05, 4.69) is 12.2 Å². The number of carbonyl (C=O) groups is 1. The lowest BCUT2D eigenvalue weighted by molar-refractivity contribution is -0.128. The molecule has 0 spiro atoms. The Bertz CT molecular complexity index is 213. The van der Waals surface area contributed by atoms with Crippen LogP contribution in [-0.4, -0.2) is 30.1 Å². The summed E-state index contributed by atoms with van der Waals surface area (Å²) in [6.07, 6.45) is 6.70. The quantitative estimate of drug-likeness (QED) is 0.736. The molecule has 1 saturated carbocycles. The van der Waals surface area contributed by atoms with Crippen molar-refractivity contribution in [3.63, 3.8) is 0 Å². The van der Waals surface area contributed by atoms with Crippen molar-refractivity contribution < 1.29 is 4.79 Å². The van der Waals surface area contributed by atoms with Gasteiger partial charge in [-0.05, 0) is 18.8 Å². The van der Waals surface area contributed by atoms with E-state index in [4.69, 9.17) is 0 Å². The monoisotopic (exact) mass is 196 g/mol. The molecule has 0 aromatic heterocycles. The van der Waals surface area contributed by atoms with E-state index >= 15 is 0 Å². The molecule has 1 aliphatic heterocycles. The van der Waals surface area contributed by atoms with Crippen molar-refractivity contribution in [2.24, 2.45) is 5.92 Å². The van der Waals surface area contributed by atoms with Gasteiger partial charge in [-0.2, -0.15) is 0 Å². The molecule has 0 aromatic carbocycles. The van der Waals surface area contributed by atoms with Crippen LogP contribution >= 0.6 is 0 Å². The lowest BCUT2D eigenvalue weighted by atomic mass is 9.83. The van der Waals surface area contributed by atoms with Crippen molar-refractivity contribution in [3.8, 4) is 0 Å². The predicted octanol–water partition coefficient (Wildman–Crippen LogP) is 1.34. The maximum atomic E-state index is 11.5. The van der Waals surface area contributed by atoms with Gasteiger partial charge in [0.1, 0.15) is 0 Å². The Morgan fingerprint density at radius 1 is 1.50 bits per heavy atom. The molecule has 1 amide bonds. The molecule has 1 aliphatic carbocycles. The van der Waals surface area contributed by atoms with Crippen molar-refractivity contribution in [3.05, 3.63) is 0 Å². The van der Waals surface area contributed by atoms with Crippen LogP contribution in [0, 0.1) is 5.92 Å². The van der Waals surface area contributed by atoms with Crippen molar-refractivity contribution >= 4 is 5.91 Å². The summed E-state index contributed by atoms with van der Waals surface area (Å²) >= 11 is 0. The van der Waals surface area contributed by atoms with Crippen LogP contribution in [0.25, 0.3) is 0 Å². The molecular formula is C11H20N2O. The van der Waals surface area contributed by atoms with Gasteiger partial charge in [0.2, 0.25) is 5.91 Å². The Kier molecular flexibility index (Phi) is 3.06. The predicted molar refractivity (Wildman–Crippen MR) is 55.8 cm³/mol. The number of carbonyl (C=O) groups excluding carboxylic acids is 1. The van der Waals surface area contributed by atoms with E-state index in [1.807, 2.05) is 4.90 Å². The Morgan fingerprint density at radius 2 is 2.29 bits per heavy atom. The highest BCUT2D eigenvalue weighted by molar-refractivity contribution is 5.80. The van der Waals surface area contributed by atoms with Gasteiger partial charge in [-0.1, -0.05) is 26.2 Å². The highest BCUT2D eigenvalue weighted by Gasteiger charge is 2.29. The second kappa shape index (κ2) is 4.30. The molecule has 80 valence electrons. The van der Waals surface area contributed by atoms with Crippen LogP contribution in [-0.2, 0) is 4.79 Å². The van der Waals surface area contributed by atoms with E-state index in [9.17, 15) is 4.79 Å². The van der Waals surface area contributed by atoms with Crippen LogP contribution in [0.3, 0.4) is 0 Å². The van der Waals surface area contributed by atoms with Gasteiger partial charge in [0.15, 0.2) is 0 Å². The van der Waals surface area contributed by atoms with E-state index in [1.165, 1.54) is 25.7 Å². The fraction of sp³-hybridized carbons (Fsp3) is 0.909. The zero-order valence-corrected chi connectivity index (χ0v) is 8.96. The van der Waals surface area contributed by atoms with Crippen molar-refractivity contribution in [1.82, 2.24) is 10.2 Å². The third-order valence-electron chi connectivity index (χ3n) is 3.58. The molecule has 3 nitrogen and oxygen atoms in total. The largest absolute Gasteiger partial charge is 0.326 e. The number of nitrogens with zero attached hydrogens (tertiary/aromatic N) is 1. The maximum Gasteiger partial charge on any atom is 0.237 e. The minimum Gasteiger partial charge on any atom is -0.326 e. The molecule has 3 heteroatoms. The SMILES string of the molecule is CCC1NCC(=O)N1CCC1CCC1. The Labute approximate surface area is 85.8 Å². The third-order valence-corrected chi connectivity index (χ3v) is 3.58. The number of hydrogen-bond acceptors (Lipinski definition) is 2. The van der Waals surface area contributed by atoms with Crippen LogP contribution in [0.4, 0.5) is 0 Å². The molecule has 2 rings (SSSR count). The average Bonchev–Trinajstić information content (AvgIpc) is 2.45. The second-order valence-electron chi connectivity index (χ2n) is 4.48. The van der Waals surface area contributed by atoms with Crippen molar-refractivity contribution in [1.29, 1.82) is 0 Å². The first-order chi connectivity index (χ1) is 6.81. The van der Waals surface area contributed by atoms with Crippen LogP contribution in [0.1, 0.15) is 39.0 Å². The molecule has 0 bridgehead atoms. The highest BCUT2D eigenvalue weighted by Crippen LogP contribution is 2.29. The van der Waals surface area contributed by atoms with Gasteiger partial charge in [-0.25, -0.2) is 0 Å². The molecule has 1 saturated heterocycles. The van der Waals surface area contributed by atoms with E-state index in [-0.39, 0.29) is 5.91 Å². The minimum atomic E-state index is 0.288. The first-order valence-electron chi connectivity index (χ1n) is 5.84. The van der Waals surface area contributed by atoms with E-state index in [0.717, 1.165) is 18.9 Å². The molecule has 1 heterocycles. The van der Waals surface area contributed by atoms with Crippen LogP contribution in [0.15, 0.2) is 0 Å². The lowest BCUT2D eigenvalue weighted by Gasteiger charge is -2.29. The van der Waals surface area contributed by atoms with Gasteiger partial charge in [0.25, 0.3) is 0 Å². The summed E-state index contributed by atoms with van der Waals surface area (Å²) in [6, 6.07) is 0. The van der Waals surface area contributed by atoms with Gasteiger partial charge in [-0.3, -0.25) is 10.1 Å². The van der Waals surface area contributed by atoms with E-state index in [0.29, 0.717) is 12.7 Å². The summed E-state index contributed by atoms with van der Waals surface area (Å²) in [6.45, 7) is 3.64. The zero-order chi connectivity index (χ0) is 9.97. The van der Waals surface area contributed by atoms with E-state index < -0.39 is 0 Å². The molecule has 1 N–H and O–H groups in total. The van der Waals surface area contributed by atoms with Crippen molar-refractivity contribution in [2.75, 3.05) is 13.1 Å². The van der Waals surface area contributed by atoms with Gasteiger partial charge >= 0.3 is 0 Å². The maximum absolute atomic E-state index is 11.5. The molecular weight excluding hydrogens is 176 g/mol. The summed E-state index contributed by atoms with van der Waals surface area (Å²) in [4.78, 5) is 13.6. The Morgan fingerprint density at radius 3 is 2.86 bits per heavy atom. The Hall–Kier alpha value is -0.570. The summed E-state index contributed by atoms with van der Waals surface area (Å²) in [5.41, 5.74) is 0. The van der Waals surface area contributed by atoms with Crippen molar-refractivity contribution in [2.45, 2.75) is 45.2 Å². The van der Waals surface area contributed by atoms with Gasteiger partial charge in [-0.15, -0.1) is 0 Å². The molecule has 2 fully saturated rings. The normalized spacial score (nSPS) is 28.2. The topological polar surface area (TPSA) is 32.3 Å². The van der Waals surface area contributed by atoms with E-state index in [1.54, 1.807) is 0 Å². The minimum absolute atomic E-state index is 0.288. The summed E-state index contributed by atoms with van der Waals surface area (Å²) in [5.74, 6) is 1.19.